The molecule has 0 aromatic heterocycles. The lowest BCUT2D eigenvalue weighted by atomic mass is 10.1. The number of hydrogen-bond acceptors (Lipinski definition) is 2. The SMILES string of the molecule is CC1CNCC(C)N1Cc1ccc(Cl)cc1. The summed E-state index contributed by atoms with van der Waals surface area (Å²) in [6, 6.07) is 9.36. The van der Waals surface area contributed by atoms with Crippen LogP contribution in [0.15, 0.2) is 24.3 Å². The highest BCUT2D eigenvalue weighted by molar-refractivity contribution is 6.30. The van der Waals surface area contributed by atoms with Crippen molar-refractivity contribution < 1.29 is 0 Å². The fourth-order valence-electron chi connectivity index (χ4n) is 2.28. The van der Waals surface area contributed by atoms with Crippen molar-refractivity contribution in [1.29, 1.82) is 0 Å². The van der Waals surface area contributed by atoms with E-state index in [9.17, 15) is 0 Å². The molecule has 0 saturated carbocycles. The fourth-order valence-corrected chi connectivity index (χ4v) is 2.41. The Hall–Kier alpha value is -0.570. The molecule has 16 heavy (non-hydrogen) atoms. The van der Waals surface area contributed by atoms with Crippen LogP contribution in [0.1, 0.15) is 19.4 Å². The minimum atomic E-state index is 0.597. The number of piperazine rings is 1. The zero-order chi connectivity index (χ0) is 11.5. The number of nitrogens with zero attached hydrogens (tertiary/aromatic N) is 1. The maximum Gasteiger partial charge on any atom is 0.0406 e. The summed E-state index contributed by atoms with van der Waals surface area (Å²) in [7, 11) is 0. The van der Waals surface area contributed by atoms with Crippen LogP contribution in [0.25, 0.3) is 0 Å². The summed E-state index contributed by atoms with van der Waals surface area (Å²) in [6.07, 6.45) is 0. The largest absolute Gasteiger partial charge is 0.314 e. The number of rotatable bonds is 2. The number of benzene rings is 1. The number of hydrogen-bond donors (Lipinski definition) is 1. The van der Waals surface area contributed by atoms with E-state index in [1.807, 2.05) is 12.1 Å². The first-order valence-electron chi connectivity index (χ1n) is 5.87. The van der Waals surface area contributed by atoms with Crippen LogP contribution in [0, 0.1) is 0 Å². The molecular weight excluding hydrogens is 220 g/mol. The Morgan fingerprint density at radius 2 is 1.75 bits per heavy atom. The first-order valence-corrected chi connectivity index (χ1v) is 6.25. The highest BCUT2D eigenvalue weighted by atomic mass is 35.5. The lowest BCUT2D eigenvalue weighted by molar-refractivity contribution is 0.109. The van der Waals surface area contributed by atoms with E-state index in [1.54, 1.807) is 0 Å². The minimum absolute atomic E-state index is 0.597. The molecule has 0 amide bonds. The average Bonchev–Trinajstić information content (AvgIpc) is 2.26. The molecule has 0 aliphatic carbocycles. The molecule has 88 valence electrons. The Kier molecular flexibility index (Phi) is 3.85. The van der Waals surface area contributed by atoms with Crippen molar-refractivity contribution >= 4 is 11.6 Å². The lowest BCUT2D eigenvalue weighted by Gasteiger charge is -2.39. The van der Waals surface area contributed by atoms with Gasteiger partial charge in [-0.1, -0.05) is 23.7 Å². The Labute approximate surface area is 103 Å². The van der Waals surface area contributed by atoms with Gasteiger partial charge in [-0.15, -0.1) is 0 Å². The molecule has 1 aromatic rings. The molecule has 1 fully saturated rings. The van der Waals surface area contributed by atoms with Crippen LogP contribution in [-0.2, 0) is 6.54 Å². The van der Waals surface area contributed by atoms with Gasteiger partial charge < -0.3 is 5.32 Å². The minimum Gasteiger partial charge on any atom is -0.314 e. The normalized spacial score (nSPS) is 26.9. The first-order chi connectivity index (χ1) is 7.66. The number of halogens is 1. The summed E-state index contributed by atoms with van der Waals surface area (Å²) in [5.74, 6) is 0. The standard InChI is InChI=1S/C13H19ClN2/c1-10-7-15-8-11(2)16(10)9-12-3-5-13(14)6-4-12/h3-6,10-11,15H,7-9H2,1-2H3. The van der Waals surface area contributed by atoms with E-state index in [0.717, 1.165) is 24.7 Å². The third-order valence-electron chi connectivity index (χ3n) is 3.29. The van der Waals surface area contributed by atoms with Crippen molar-refractivity contribution in [3.63, 3.8) is 0 Å². The van der Waals surface area contributed by atoms with Crippen LogP contribution in [0.3, 0.4) is 0 Å². The maximum absolute atomic E-state index is 5.89. The van der Waals surface area contributed by atoms with Gasteiger partial charge in [0.1, 0.15) is 0 Å². The van der Waals surface area contributed by atoms with E-state index in [0.29, 0.717) is 12.1 Å². The molecule has 0 spiro atoms. The van der Waals surface area contributed by atoms with Crippen molar-refractivity contribution in [1.82, 2.24) is 10.2 Å². The van der Waals surface area contributed by atoms with Gasteiger partial charge in [-0.25, -0.2) is 0 Å². The van der Waals surface area contributed by atoms with E-state index in [1.165, 1.54) is 5.56 Å². The fraction of sp³-hybridized carbons (Fsp3) is 0.538. The topological polar surface area (TPSA) is 15.3 Å². The van der Waals surface area contributed by atoms with Gasteiger partial charge >= 0.3 is 0 Å². The smallest absolute Gasteiger partial charge is 0.0406 e. The summed E-state index contributed by atoms with van der Waals surface area (Å²) in [5, 5.41) is 4.26. The molecule has 3 heteroatoms. The van der Waals surface area contributed by atoms with E-state index in [2.05, 4.69) is 36.2 Å². The predicted molar refractivity (Wildman–Crippen MR) is 68.8 cm³/mol. The van der Waals surface area contributed by atoms with Gasteiger partial charge in [0, 0.05) is 36.7 Å². The van der Waals surface area contributed by atoms with Crippen molar-refractivity contribution in [2.45, 2.75) is 32.5 Å². The molecule has 1 aromatic carbocycles. The van der Waals surface area contributed by atoms with E-state index < -0.39 is 0 Å². The monoisotopic (exact) mass is 238 g/mol. The Morgan fingerprint density at radius 1 is 1.19 bits per heavy atom. The van der Waals surface area contributed by atoms with Crippen LogP contribution >= 0.6 is 11.6 Å². The molecule has 2 rings (SSSR count). The van der Waals surface area contributed by atoms with Crippen molar-refractivity contribution in [2.24, 2.45) is 0 Å². The van der Waals surface area contributed by atoms with Crippen molar-refractivity contribution in [2.75, 3.05) is 13.1 Å². The van der Waals surface area contributed by atoms with Crippen molar-refractivity contribution in [3.8, 4) is 0 Å². The van der Waals surface area contributed by atoms with Gasteiger partial charge in [0.15, 0.2) is 0 Å². The van der Waals surface area contributed by atoms with Gasteiger partial charge in [-0.05, 0) is 31.5 Å². The third kappa shape index (κ3) is 2.76. The highest BCUT2D eigenvalue weighted by Crippen LogP contribution is 2.16. The van der Waals surface area contributed by atoms with E-state index in [4.69, 9.17) is 11.6 Å². The lowest BCUT2D eigenvalue weighted by Crippen LogP contribution is -2.54. The molecule has 1 N–H and O–H groups in total. The average molecular weight is 239 g/mol. The van der Waals surface area contributed by atoms with Gasteiger partial charge in [0.05, 0.1) is 0 Å². The molecular formula is C13H19ClN2. The molecule has 2 unspecified atom stereocenters. The van der Waals surface area contributed by atoms with Gasteiger partial charge in [0.25, 0.3) is 0 Å². The molecule has 1 aliphatic heterocycles. The third-order valence-corrected chi connectivity index (χ3v) is 3.54. The zero-order valence-electron chi connectivity index (χ0n) is 9.91. The molecule has 1 saturated heterocycles. The second-order valence-electron chi connectivity index (χ2n) is 4.66. The Morgan fingerprint density at radius 3 is 2.31 bits per heavy atom. The maximum atomic E-state index is 5.89. The van der Waals surface area contributed by atoms with E-state index >= 15 is 0 Å². The first kappa shape index (κ1) is 11.9. The van der Waals surface area contributed by atoms with Crippen LogP contribution < -0.4 is 5.32 Å². The van der Waals surface area contributed by atoms with E-state index in [-0.39, 0.29) is 0 Å². The summed E-state index contributed by atoms with van der Waals surface area (Å²) in [4.78, 5) is 2.54. The predicted octanol–water partition coefficient (Wildman–Crippen LogP) is 2.52. The molecule has 0 radical (unpaired) electrons. The molecule has 2 atom stereocenters. The highest BCUT2D eigenvalue weighted by Gasteiger charge is 2.23. The van der Waals surface area contributed by atoms with Crippen LogP contribution in [-0.4, -0.2) is 30.1 Å². The van der Waals surface area contributed by atoms with Gasteiger partial charge in [-0.2, -0.15) is 0 Å². The van der Waals surface area contributed by atoms with Crippen LogP contribution in [0.4, 0.5) is 0 Å². The molecule has 1 heterocycles. The zero-order valence-corrected chi connectivity index (χ0v) is 10.7. The van der Waals surface area contributed by atoms with Crippen LogP contribution in [0.2, 0.25) is 5.02 Å². The summed E-state index contributed by atoms with van der Waals surface area (Å²) in [5.41, 5.74) is 1.34. The van der Waals surface area contributed by atoms with Gasteiger partial charge in [-0.3, -0.25) is 4.90 Å². The Bertz CT molecular complexity index is 326. The van der Waals surface area contributed by atoms with Gasteiger partial charge in [0.2, 0.25) is 0 Å². The second-order valence-corrected chi connectivity index (χ2v) is 5.09. The Balaban J connectivity index is 2.04. The summed E-state index contributed by atoms with van der Waals surface area (Å²) >= 11 is 5.89. The second kappa shape index (κ2) is 5.17. The molecule has 1 aliphatic rings. The molecule has 2 nitrogen and oxygen atoms in total. The number of nitrogens with one attached hydrogen (secondary N) is 1. The summed E-state index contributed by atoms with van der Waals surface area (Å²) < 4.78 is 0. The van der Waals surface area contributed by atoms with Crippen molar-refractivity contribution in [3.05, 3.63) is 34.9 Å². The van der Waals surface area contributed by atoms with Crippen LogP contribution in [0.5, 0.6) is 0 Å². The molecule has 0 bridgehead atoms. The quantitative estimate of drug-likeness (QED) is 0.852. The summed E-state index contributed by atoms with van der Waals surface area (Å²) in [6.45, 7) is 7.73.